The van der Waals surface area contributed by atoms with E-state index in [1.807, 2.05) is 36.4 Å². The molecule has 1 unspecified atom stereocenters. The lowest BCUT2D eigenvalue weighted by Gasteiger charge is -2.19. The Morgan fingerprint density at radius 3 is 2.70 bits per heavy atom. The second-order valence-electron chi connectivity index (χ2n) is 6.77. The van der Waals surface area contributed by atoms with E-state index in [2.05, 4.69) is 15.6 Å². The Morgan fingerprint density at radius 1 is 1.10 bits per heavy atom. The molecule has 5 N–H and O–H groups in total. The molecule has 3 aromatic carbocycles. The van der Waals surface area contributed by atoms with Crippen LogP contribution < -0.4 is 16.4 Å². The monoisotopic (exact) mass is 402 g/mol. The molecular weight excluding hydrogens is 380 g/mol. The molecule has 0 aliphatic carbocycles. The summed E-state index contributed by atoms with van der Waals surface area (Å²) in [4.78, 5) is 16.4. The van der Waals surface area contributed by atoms with E-state index in [1.165, 1.54) is 0 Å². The molecule has 152 valence electrons. The fourth-order valence-electron chi connectivity index (χ4n) is 3.38. The lowest BCUT2D eigenvalue weighted by molar-refractivity contribution is 0.168. The summed E-state index contributed by atoms with van der Waals surface area (Å²) < 4.78 is 4.90. The average molecular weight is 402 g/mol. The number of ether oxygens (including phenoxy) is 1. The number of nitrogens with zero attached hydrogens (tertiary/aromatic N) is 1. The molecule has 7 heteroatoms. The van der Waals surface area contributed by atoms with E-state index in [1.54, 1.807) is 37.3 Å². The first-order chi connectivity index (χ1) is 14.6. The molecule has 1 atom stereocenters. The molecule has 1 aromatic heterocycles. The molecular formula is C23H22N4O3. The highest BCUT2D eigenvalue weighted by Gasteiger charge is 2.15. The van der Waals surface area contributed by atoms with Crippen molar-refractivity contribution in [1.82, 2.24) is 4.98 Å². The van der Waals surface area contributed by atoms with Gasteiger partial charge in [0.05, 0.1) is 29.0 Å². The Bertz CT molecular complexity index is 1230. The molecule has 0 spiro atoms. The summed E-state index contributed by atoms with van der Waals surface area (Å²) in [7, 11) is 0. The standard InChI is InChI=1S/C23H22N4O3/c1-2-30-23(29)25-15-8-5-7-14(13-15)22(28)27-20-16-9-3-4-12-19(16)26-21-17(20)10-6-11-18(21)24/h3-13,22,28H,2,24H2,1H3,(H,25,29)(H,26,27). The van der Waals surface area contributed by atoms with Crippen LogP contribution in [-0.4, -0.2) is 22.8 Å². The van der Waals surface area contributed by atoms with Gasteiger partial charge in [0.1, 0.15) is 0 Å². The van der Waals surface area contributed by atoms with Crippen molar-refractivity contribution in [2.45, 2.75) is 13.2 Å². The van der Waals surface area contributed by atoms with Crippen molar-refractivity contribution >= 4 is 45.0 Å². The Hall–Kier alpha value is -3.84. The number of para-hydroxylation sites is 2. The van der Waals surface area contributed by atoms with Gasteiger partial charge in [0.2, 0.25) is 0 Å². The third-order valence-electron chi connectivity index (χ3n) is 4.75. The number of benzene rings is 3. The number of nitrogens with two attached hydrogens (primary N) is 1. The molecule has 0 bridgehead atoms. The van der Waals surface area contributed by atoms with Crippen LogP contribution in [0, 0.1) is 0 Å². The van der Waals surface area contributed by atoms with Crippen molar-refractivity contribution in [2.24, 2.45) is 0 Å². The summed E-state index contributed by atoms with van der Waals surface area (Å²) in [6, 6.07) is 20.2. The molecule has 0 aliphatic heterocycles. The first kappa shape index (κ1) is 19.5. The van der Waals surface area contributed by atoms with Crippen LogP contribution in [0.15, 0.2) is 66.7 Å². The number of fused-ring (bicyclic) bond motifs is 2. The predicted octanol–water partition coefficient (Wildman–Crippen LogP) is 4.64. The van der Waals surface area contributed by atoms with Crippen LogP contribution in [-0.2, 0) is 4.74 Å². The Morgan fingerprint density at radius 2 is 1.87 bits per heavy atom. The molecule has 0 radical (unpaired) electrons. The van der Waals surface area contributed by atoms with Gasteiger partial charge in [0.15, 0.2) is 6.23 Å². The maximum Gasteiger partial charge on any atom is 0.411 e. The molecule has 0 saturated heterocycles. The van der Waals surface area contributed by atoms with E-state index < -0.39 is 12.3 Å². The zero-order chi connectivity index (χ0) is 21.1. The van der Waals surface area contributed by atoms with E-state index in [4.69, 9.17) is 10.5 Å². The van der Waals surface area contributed by atoms with E-state index in [0.29, 0.717) is 22.5 Å². The Labute approximate surface area is 173 Å². The van der Waals surface area contributed by atoms with Gasteiger partial charge in [-0.05, 0) is 31.2 Å². The number of aliphatic hydroxyl groups excluding tert-OH is 1. The second-order valence-corrected chi connectivity index (χ2v) is 6.77. The van der Waals surface area contributed by atoms with Crippen LogP contribution >= 0.6 is 0 Å². The van der Waals surface area contributed by atoms with Gasteiger partial charge in [-0.25, -0.2) is 9.78 Å². The SMILES string of the molecule is CCOC(=O)Nc1cccc(C(O)Nc2c3ccccc3nc3c(N)cccc23)c1. The van der Waals surface area contributed by atoms with Crippen LogP contribution in [0.4, 0.5) is 21.9 Å². The van der Waals surface area contributed by atoms with Gasteiger partial charge in [-0.3, -0.25) is 5.32 Å². The number of nitrogen functional groups attached to an aromatic ring is 1. The first-order valence-electron chi connectivity index (χ1n) is 9.62. The van der Waals surface area contributed by atoms with Gasteiger partial charge < -0.3 is 20.9 Å². The number of anilines is 3. The molecule has 1 heterocycles. The number of amides is 1. The van der Waals surface area contributed by atoms with Gasteiger partial charge >= 0.3 is 6.09 Å². The smallest absolute Gasteiger partial charge is 0.411 e. The predicted molar refractivity (Wildman–Crippen MR) is 119 cm³/mol. The van der Waals surface area contributed by atoms with Crippen molar-refractivity contribution in [2.75, 3.05) is 23.0 Å². The van der Waals surface area contributed by atoms with E-state index >= 15 is 0 Å². The minimum atomic E-state index is -1.02. The number of carbonyl (C=O) groups excluding carboxylic acids is 1. The Balaban J connectivity index is 1.72. The van der Waals surface area contributed by atoms with Crippen molar-refractivity contribution in [1.29, 1.82) is 0 Å². The largest absolute Gasteiger partial charge is 0.450 e. The van der Waals surface area contributed by atoms with Crippen molar-refractivity contribution in [3.63, 3.8) is 0 Å². The minimum absolute atomic E-state index is 0.279. The van der Waals surface area contributed by atoms with E-state index in [9.17, 15) is 9.90 Å². The van der Waals surface area contributed by atoms with Crippen molar-refractivity contribution < 1.29 is 14.6 Å². The number of nitrogens with one attached hydrogen (secondary N) is 2. The third-order valence-corrected chi connectivity index (χ3v) is 4.75. The molecule has 4 aromatic rings. The van der Waals surface area contributed by atoms with Crippen LogP contribution in [0.1, 0.15) is 18.7 Å². The molecule has 0 saturated carbocycles. The van der Waals surface area contributed by atoms with Gasteiger partial charge in [0, 0.05) is 22.0 Å². The molecule has 0 fully saturated rings. The maximum absolute atomic E-state index is 11.7. The third kappa shape index (κ3) is 3.83. The highest BCUT2D eigenvalue weighted by molar-refractivity contribution is 6.10. The molecule has 4 rings (SSSR count). The highest BCUT2D eigenvalue weighted by Crippen LogP contribution is 2.35. The number of carbonyl (C=O) groups is 1. The summed E-state index contributed by atoms with van der Waals surface area (Å²) in [5.41, 5.74) is 10.0. The fraction of sp³-hybridized carbons (Fsp3) is 0.130. The summed E-state index contributed by atoms with van der Waals surface area (Å²) in [6.45, 7) is 2.01. The molecule has 0 aliphatic rings. The van der Waals surface area contributed by atoms with E-state index in [-0.39, 0.29) is 6.61 Å². The van der Waals surface area contributed by atoms with Crippen LogP contribution in [0.2, 0.25) is 0 Å². The Kier molecular flexibility index (Phi) is 5.36. The number of hydrogen-bond donors (Lipinski definition) is 4. The molecule has 1 amide bonds. The number of aromatic nitrogens is 1. The second kappa shape index (κ2) is 8.26. The fourth-order valence-corrected chi connectivity index (χ4v) is 3.38. The molecule has 30 heavy (non-hydrogen) atoms. The van der Waals surface area contributed by atoms with E-state index in [0.717, 1.165) is 22.0 Å². The number of hydrogen-bond acceptors (Lipinski definition) is 6. The lowest BCUT2D eigenvalue weighted by atomic mass is 10.1. The summed E-state index contributed by atoms with van der Waals surface area (Å²) in [5.74, 6) is 0. The zero-order valence-electron chi connectivity index (χ0n) is 16.4. The average Bonchev–Trinajstić information content (AvgIpc) is 2.74. The van der Waals surface area contributed by atoms with Crippen molar-refractivity contribution in [3.8, 4) is 0 Å². The highest BCUT2D eigenvalue weighted by atomic mass is 16.5. The summed E-state index contributed by atoms with van der Waals surface area (Å²) >= 11 is 0. The maximum atomic E-state index is 11.7. The summed E-state index contributed by atoms with van der Waals surface area (Å²) in [5, 5.41) is 18.4. The topological polar surface area (TPSA) is 110 Å². The summed E-state index contributed by atoms with van der Waals surface area (Å²) in [6.07, 6.45) is -1.57. The van der Waals surface area contributed by atoms with Crippen LogP contribution in [0.5, 0.6) is 0 Å². The number of rotatable bonds is 5. The van der Waals surface area contributed by atoms with Gasteiger partial charge in [-0.2, -0.15) is 0 Å². The van der Waals surface area contributed by atoms with Crippen LogP contribution in [0.3, 0.4) is 0 Å². The normalized spacial score (nSPS) is 11.9. The first-order valence-corrected chi connectivity index (χ1v) is 9.62. The number of aliphatic hydroxyl groups is 1. The van der Waals surface area contributed by atoms with Gasteiger partial charge in [-0.15, -0.1) is 0 Å². The number of pyridine rings is 1. The zero-order valence-corrected chi connectivity index (χ0v) is 16.4. The van der Waals surface area contributed by atoms with Gasteiger partial charge in [-0.1, -0.05) is 42.5 Å². The molecule has 7 nitrogen and oxygen atoms in total. The minimum Gasteiger partial charge on any atom is -0.450 e. The van der Waals surface area contributed by atoms with Crippen LogP contribution in [0.25, 0.3) is 21.8 Å². The lowest BCUT2D eigenvalue weighted by Crippen LogP contribution is -2.15. The van der Waals surface area contributed by atoms with Crippen molar-refractivity contribution in [3.05, 3.63) is 72.3 Å². The quantitative estimate of drug-likeness (QED) is 0.220. The van der Waals surface area contributed by atoms with Gasteiger partial charge in [0.25, 0.3) is 0 Å².